The minimum absolute atomic E-state index is 0.0237. The smallest absolute Gasteiger partial charge is 0.309 e. The second kappa shape index (κ2) is 6.39. The van der Waals surface area contributed by atoms with E-state index in [4.69, 9.17) is 4.74 Å². The molecule has 1 heterocycles. The van der Waals surface area contributed by atoms with Crippen molar-refractivity contribution in [3.63, 3.8) is 0 Å². The number of hydrogen-bond acceptors (Lipinski definition) is 3. The highest BCUT2D eigenvalue weighted by Gasteiger charge is 2.23. The summed E-state index contributed by atoms with van der Waals surface area (Å²) >= 11 is 0. The van der Waals surface area contributed by atoms with Crippen LogP contribution in [0.1, 0.15) is 30.4 Å². The quantitative estimate of drug-likeness (QED) is 0.875. The molecule has 4 nitrogen and oxygen atoms in total. The fourth-order valence-electron chi connectivity index (χ4n) is 2.58. The van der Waals surface area contributed by atoms with Crippen molar-refractivity contribution >= 4 is 11.5 Å². The largest absolute Gasteiger partial charge is 0.461 e. The molecule has 0 spiro atoms. The minimum Gasteiger partial charge on any atom is -0.461 e. The molecule has 1 aromatic heterocycles. The standard InChI is InChI=1S/C17H18N2O2/c20-17(21-12-13-4-2-1-3-5-13)15-8-6-14(7-9-15)16-10-18-19-11-16/h1-6,10-11,15H,7-9,12H2,(H,18,19). The summed E-state index contributed by atoms with van der Waals surface area (Å²) in [7, 11) is 0. The molecule has 21 heavy (non-hydrogen) atoms. The topological polar surface area (TPSA) is 55.0 Å². The Bertz CT molecular complexity index is 618. The number of carbonyl (C=O) groups is 1. The molecule has 1 aromatic carbocycles. The molecule has 0 saturated heterocycles. The van der Waals surface area contributed by atoms with E-state index < -0.39 is 0 Å². The molecule has 0 radical (unpaired) electrons. The molecular weight excluding hydrogens is 264 g/mol. The minimum atomic E-state index is -0.0960. The van der Waals surface area contributed by atoms with Crippen LogP contribution in [0.2, 0.25) is 0 Å². The van der Waals surface area contributed by atoms with Crippen molar-refractivity contribution in [1.82, 2.24) is 10.2 Å². The number of nitrogens with one attached hydrogen (secondary N) is 1. The van der Waals surface area contributed by atoms with Crippen LogP contribution in [0.4, 0.5) is 0 Å². The van der Waals surface area contributed by atoms with Crippen molar-refractivity contribution in [3.8, 4) is 0 Å². The van der Waals surface area contributed by atoms with Crippen LogP contribution >= 0.6 is 0 Å². The summed E-state index contributed by atoms with van der Waals surface area (Å²) in [5.74, 6) is -0.120. The molecule has 0 fully saturated rings. The van der Waals surface area contributed by atoms with E-state index in [1.165, 1.54) is 5.57 Å². The summed E-state index contributed by atoms with van der Waals surface area (Å²) in [6.45, 7) is 0.356. The van der Waals surface area contributed by atoms with Crippen LogP contribution in [0.25, 0.3) is 5.57 Å². The van der Waals surface area contributed by atoms with E-state index in [0.29, 0.717) is 6.61 Å². The number of benzene rings is 1. The van der Waals surface area contributed by atoms with Crippen LogP contribution < -0.4 is 0 Å². The predicted octanol–water partition coefficient (Wildman–Crippen LogP) is 3.34. The van der Waals surface area contributed by atoms with Crippen molar-refractivity contribution in [2.45, 2.75) is 25.9 Å². The maximum Gasteiger partial charge on any atom is 0.309 e. The number of H-pyrrole nitrogens is 1. The van der Waals surface area contributed by atoms with Crippen molar-refractivity contribution < 1.29 is 9.53 Å². The molecule has 0 saturated carbocycles. The van der Waals surface area contributed by atoms with Crippen LogP contribution in [0.5, 0.6) is 0 Å². The molecule has 0 amide bonds. The molecule has 108 valence electrons. The van der Waals surface area contributed by atoms with Crippen LogP contribution in [-0.4, -0.2) is 16.2 Å². The second-order valence-corrected chi connectivity index (χ2v) is 5.28. The monoisotopic (exact) mass is 282 g/mol. The maximum atomic E-state index is 12.1. The van der Waals surface area contributed by atoms with Crippen molar-refractivity contribution in [1.29, 1.82) is 0 Å². The second-order valence-electron chi connectivity index (χ2n) is 5.28. The predicted molar refractivity (Wildman–Crippen MR) is 80.1 cm³/mol. The van der Waals surface area contributed by atoms with Gasteiger partial charge in [-0.15, -0.1) is 0 Å². The summed E-state index contributed by atoms with van der Waals surface area (Å²) in [5, 5.41) is 6.77. The summed E-state index contributed by atoms with van der Waals surface area (Å²) in [5.41, 5.74) is 3.40. The molecular formula is C17H18N2O2. The van der Waals surface area contributed by atoms with E-state index >= 15 is 0 Å². The first kappa shape index (κ1) is 13.6. The fraction of sp³-hybridized carbons (Fsp3) is 0.294. The van der Waals surface area contributed by atoms with Crippen molar-refractivity contribution in [2.24, 2.45) is 5.92 Å². The van der Waals surface area contributed by atoms with Crippen LogP contribution in [0.3, 0.4) is 0 Å². The molecule has 1 aliphatic rings. The van der Waals surface area contributed by atoms with E-state index in [1.807, 2.05) is 42.7 Å². The van der Waals surface area contributed by atoms with Gasteiger partial charge in [-0.3, -0.25) is 9.89 Å². The van der Waals surface area contributed by atoms with Gasteiger partial charge >= 0.3 is 5.97 Å². The van der Waals surface area contributed by atoms with Gasteiger partial charge in [0.15, 0.2) is 0 Å². The number of aromatic nitrogens is 2. The molecule has 4 heteroatoms. The third-order valence-electron chi connectivity index (χ3n) is 3.84. The molecule has 0 aliphatic heterocycles. The SMILES string of the molecule is O=C(OCc1ccccc1)C1CC=C(c2cn[nH]c2)CC1. The summed E-state index contributed by atoms with van der Waals surface area (Å²) < 4.78 is 5.41. The van der Waals surface area contributed by atoms with Crippen LogP contribution in [0.15, 0.2) is 48.8 Å². The average molecular weight is 282 g/mol. The van der Waals surface area contributed by atoms with Gasteiger partial charge < -0.3 is 4.74 Å². The molecule has 3 rings (SSSR count). The normalized spacial score (nSPS) is 18.1. The zero-order chi connectivity index (χ0) is 14.5. The van der Waals surface area contributed by atoms with Crippen molar-refractivity contribution in [2.75, 3.05) is 0 Å². The first-order chi connectivity index (χ1) is 10.3. The van der Waals surface area contributed by atoms with Gasteiger partial charge in [0.05, 0.1) is 12.1 Å². The number of esters is 1. The first-order valence-corrected chi connectivity index (χ1v) is 7.21. The Kier molecular flexibility index (Phi) is 4.15. The number of nitrogens with zero attached hydrogens (tertiary/aromatic N) is 1. The average Bonchev–Trinajstić information content (AvgIpc) is 3.08. The van der Waals surface area contributed by atoms with E-state index in [2.05, 4.69) is 16.3 Å². The molecule has 0 bridgehead atoms. The molecule has 2 aromatic rings. The summed E-state index contributed by atoms with van der Waals surface area (Å²) in [4.78, 5) is 12.1. The lowest BCUT2D eigenvalue weighted by molar-refractivity contribution is -0.150. The molecule has 1 atom stereocenters. The third-order valence-corrected chi connectivity index (χ3v) is 3.84. The van der Waals surface area contributed by atoms with Gasteiger partial charge in [0.1, 0.15) is 6.61 Å². The van der Waals surface area contributed by atoms with Crippen LogP contribution in [0, 0.1) is 5.92 Å². The number of allylic oxidation sites excluding steroid dienone is 2. The lowest BCUT2D eigenvalue weighted by Crippen LogP contribution is -2.19. The van der Waals surface area contributed by atoms with E-state index in [-0.39, 0.29) is 11.9 Å². The lowest BCUT2D eigenvalue weighted by Gasteiger charge is -2.20. The Morgan fingerprint density at radius 3 is 2.86 bits per heavy atom. The van der Waals surface area contributed by atoms with E-state index in [9.17, 15) is 4.79 Å². The highest BCUT2D eigenvalue weighted by molar-refractivity contribution is 5.75. The van der Waals surface area contributed by atoms with Crippen LogP contribution in [-0.2, 0) is 16.1 Å². The summed E-state index contributed by atoms with van der Waals surface area (Å²) in [6, 6.07) is 9.78. The molecule has 1 N–H and O–H groups in total. The zero-order valence-corrected chi connectivity index (χ0v) is 11.8. The number of carbonyl (C=O) groups excluding carboxylic acids is 1. The summed E-state index contributed by atoms with van der Waals surface area (Å²) in [6.07, 6.45) is 8.31. The highest BCUT2D eigenvalue weighted by atomic mass is 16.5. The molecule has 1 unspecified atom stereocenters. The Morgan fingerprint density at radius 1 is 1.33 bits per heavy atom. The fourth-order valence-corrected chi connectivity index (χ4v) is 2.58. The maximum absolute atomic E-state index is 12.1. The first-order valence-electron chi connectivity index (χ1n) is 7.21. The highest BCUT2D eigenvalue weighted by Crippen LogP contribution is 2.30. The van der Waals surface area contributed by atoms with Crippen molar-refractivity contribution in [3.05, 3.63) is 59.9 Å². The Morgan fingerprint density at radius 2 is 2.19 bits per heavy atom. The Balaban J connectivity index is 1.53. The van der Waals surface area contributed by atoms with Gasteiger partial charge in [-0.1, -0.05) is 36.4 Å². The Labute approximate surface area is 123 Å². The van der Waals surface area contributed by atoms with Gasteiger partial charge in [0.2, 0.25) is 0 Å². The molecule has 1 aliphatic carbocycles. The third kappa shape index (κ3) is 3.40. The number of rotatable bonds is 4. The number of ether oxygens (including phenoxy) is 1. The van der Waals surface area contributed by atoms with Gasteiger partial charge in [0.25, 0.3) is 0 Å². The number of aromatic amines is 1. The number of hydrogen-bond donors (Lipinski definition) is 1. The van der Waals surface area contributed by atoms with Gasteiger partial charge in [-0.2, -0.15) is 5.10 Å². The van der Waals surface area contributed by atoms with Gasteiger partial charge in [0, 0.05) is 11.8 Å². The Hall–Kier alpha value is -2.36. The van der Waals surface area contributed by atoms with E-state index in [1.54, 1.807) is 0 Å². The zero-order valence-electron chi connectivity index (χ0n) is 11.8. The van der Waals surface area contributed by atoms with E-state index in [0.717, 1.165) is 30.4 Å². The van der Waals surface area contributed by atoms with Gasteiger partial charge in [-0.25, -0.2) is 0 Å². The van der Waals surface area contributed by atoms with Gasteiger partial charge in [-0.05, 0) is 30.4 Å². The lowest BCUT2D eigenvalue weighted by atomic mass is 9.87.